The van der Waals surface area contributed by atoms with E-state index >= 15 is 0 Å². The number of sulfonamides is 1. The highest BCUT2D eigenvalue weighted by molar-refractivity contribution is 7.89. The van der Waals surface area contributed by atoms with E-state index < -0.39 is 10.0 Å². The largest absolute Gasteiger partial charge is 0.368 e. The maximum absolute atomic E-state index is 13.0. The molecule has 2 aliphatic rings. The fraction of sp³-hybridized carbons (Fsp3) is 0.579. The zero-order valence-corrected chi connectivity index (χ0v) is 17.1. The molecule has 1 unspecified atom stereocenters. The van der Waals surface area contributed by atoms with Gasteiger partial charge >= 0.3 is 0 Å². The van der Waals surface area contributed by atoms with Crippen LogP contribution in [0, 0.1) is 6.92 Å². The fourth-order valence-corrected chi connectivity index (χ4v) is 4.62. The maximum Gasteiger partial charge on any atom is 0.254 e. The quantitative estimate of drug-likeness (QED) is 0.775. The van der Waals surface area contributed by atoms with Gasteiger partial charge in [-0.15, -0.1) is 0 Å². The van der Waals surface area contributed by atoms with Crippen LogP contribution in [0.1, 0.15) is 35.7 Å². The van der Waals surface area contributed by atoms with Gasteiger partial charge in [-0.3, -0.25) is 9.59 Å². The summed E-state index contributed by atoms with van der Waals surface area (Å²) >= 11 is 0. The number of nitrogens with zero attached hydrogens (tertiary/aromatic N) is 2. The Bertz CT molecular complexity index is 841. The summed E-state index contributed by atoms with van der Waals surface area (Å²) in [6, 6.07) is 4.58. The van der Waals surface area contributed by atoms with Crippen molar-refractivity contribution in [2.75, 3.05) is 39.3 Å². The fourth-order valence-electron chi connectivity index (χ4n) is 3.55. The second-order valence-electron chi connectivity index (χ2n) is 7.10. The van der Waals surface area contributed by atoms with Crippen molar-refractivity contribution in [3.63, 3.8) is 0 Å². The van der Waals surface area contributed by atoms with Crippen molar-refractivity contribution in [3.05, 3.63) is 29.3 Å². The van der Waals surface area contributed by atoms with Crippen molar-refractivity contribution in [2.45, 2.75) is 37.7 Å². The van der Waals surface area contributed by atoms with Gasteiger partial charge in [0.2, 0.25) is 10.0 Å². The third-order valence-corrected chi connectivity index (χ3v) is 6.71. The number of ether oxygens (including phenoxy) is 1. The molecule has 1 atom stereocenters. The lowest BCUT2D eigenvalue weighted by atomic mass is 10.1. The first-order chi connectivity index (χ1) is 13.3. The summed E-state index contributed by atoms with van der Waals surface area (Å²) in [5, 5.41) is 0. The summed E-state index contributed by atoms with van der Waals surface area (Å²) in [6.45, 7) is 6.14. The number of carbonyl (C=O) groups is 2. The van der Waals surface area contributed by atoms with Gasteiger partial charge in [-0.05, 0) is 37.5 Å². The molecule has 0 bridgehead atoms. The molecule has 0 radical (unpaired) electrons. The topological polar surface area (TPSA) is 96.0 Å². The van der Waals surface area contributed by atoms with Crippen LogP contribution >= 0.6 is 0 Å². The molecule has 0 spiro atoms. The normalized spacial score (nSPS) is 20.4. The number of piperazine rings is 1. The van der Waals surface area contributed by atoms with Gasteiger partial charge in [0, 0.05) is 44.9 Å². The average molecular weight is 410 g/mol. The van der Waals surface area contributed by atoms with Crippen LogP contribution < -0.4 is 4.72 Å². The van der Waals surface area contributed by atoms with Crippen molar-refractivity contribution in [1.82, 2.24) is 14.5 Å². The molecule has 8 nitrogen and oxygen atoms in total. The van der Waals surface area contributed by atoms with E-state index in [2.05, 4.69) is 4.72 Å². The average Bonchev–Trinajstić information content (AvgIpc) is 3.22. The molecule has 9 heteroatoms. The number of hydrogen-bond acceptors (Lipinski definition) is 5. The first kappa shape index (κ1) is 20.8. The predicted octanol–water partition coefficient (Wildman–Crippen LogP) is 0.757. The van der Waals surface area contributed by atoms with E-state index in [0.29, 0.717) is 38.3 Å². The number of rotatable bonds is 5. The van der Waals surface area contributed by atoms with E-state index in [9.17, 15) is 18.0 Å². The molecule has 28 heavy (non-hydrogen) atoms. The smallest absolute Gasteiger partial charge is 0.254 e. The first-order valence-corrected chi connectivity index (χ1v) is 11.1. The lowest BCUT2D eigenvalue weighted by Crippen LogP contribution is -2.52. The standard InChI is InChI=1S/C19H27N3O5S/c1-3-20-28(25,26)15-7-6-14(2)16(13-15)18(23)21-8-10-22(11-9-21)19(24)17-5-4-12-27-17/h6-7,13,17,20H,3-5,8-12H2,1-2H3. The van der Waals surface area contributed by atoms with Crippen LogP contribution in [0.2, 0.25) is 0 Å². The molecule has 3 rings (SSSR count). The zero-order chi connectivity index (χ0) is 20.3. The Morgan fingerprint density at radius 1 is 1.18 bits per heavy atom. The van der Waals surface area contributed by atoms with Crippen molar-refractivity contribution < 1.29 is 22.7 Å². The molecule has 2 saturated heterocycles. The lowest BCUT2D eigenvalue weighted by Gasteiger charge is -2.36. The van der Waals surface area contributed by atoms with Crippen LogP contribution in [0.3, 0.4) is 0 Å². The Morgan fingerprint density at radius 3 is 2.46 bits per heavy atom. The van der Waals surface area contributed by atoms with Crippen LogP contribution in [0.15, 0.2) is 23.1 Å². The van der Waals surface area contributed by atoms with Crippen LogP contribution in [0.25, 0.3) is 0 Å². The minimum Gasteiger partial charge on any atom is -0.368 e. The minimum atomic E-state index is -3.63. The molecular weight excluding hydrogens is 382 g/mol. The zero-order valence-electron chi connectivity index (χ0n) is 16.3. The van der Waals surface area contributed by atoms with E-state index in [-0.39, 0.29) is 29.4 Å². The molecule has 0 aliphatic carbocycles. The summed E-state index contributed by atoms with van der Waals surface area (Å²) < 4.78 is 32.4. The molecule has 154 valence electrons. The number of benzene rings is 1. The van der Waals surface area contributed by atoms with E-state index in [1.807, 2.05) is 0 Å². The Hall–Kier alpha value is -1.97. The SMILES string of the molecule is CCNS(=O)(=O)c1ccc(C)c(C(=O)N2CCN(C(=O)C3CCCO3)CC2)c1. The van der Waals surface area contributed by atoms with E-state index in [1.54, 1.807) is 29.7 Å². The minimum absolute atomic E-state index is 0.000453. The van der Waals surface area contributed by atoms with Crippen LogP contribution in [-0.4, -0.2) is 75.5 Å². The Kier molecular flexibility index (Phi) is 6.36. The van der Waals surface area contributed by atoms with Crippen LogP contribution in [-0.2, 0) is 19.6 Å². The summed E-state index contributed by atoms with van der Waals surface area (Å²) in [5.74, 6) is -0.213. The molecule has 0 saturated carbocycles. The monoisotopic (exact) mass is 409 g/mol. The summed E-state index contributed by atoms with van der Waals surface area (Å²) in [4.78, 5) is 28.9. The first-order valence-electron chi connectivity index (χ1n) is 9.63. The number of amides is 2. The van der Waals surface area contributed by atoms with Gasteiger partial charge in [0.05, 0.1) is 4.90 Å². The van der Waals surface area contributed by atoms with Gasteiger partial charge in [-0.1, -0.05) is 13.0 Å². The van der Waals surface area contributed by atoms with E-state index in [4.69, 9.17) is 4.74 Å². The highest BCUT2D eigenvalue weighted by Crippen LogP contribution is 2.20. The van der Waals surface area contributed by atoms with Crippen molar-refractivity contribution in [2.24, 2.45) is 0 Å². The van der Waals surface area contributed by atoms with Crippen LogP contribution in [0.5, 0.6) is 0 Å². The molecule has 1 aromatic carbocycles. The van der Waals surface area contributed by atoms with Gasteiger partial charge in [0.1, 0.15) is 6.10 Å². The third kappa shape index (κ3) is 4.37. The van der Waals surface area contributed by atoms with Gasteiger partial charge < -0.3 is 14.5 Å². The summed E-state index contributed by atoms with van der Waals surface area (Å²) in [5.41, 5.74) is 1.09. The number of nitrogens with one attached hydrogen (secondary N) is 1. The number of carbonyl (C=O) groups excluding carboxylic acids is 2. The molecule has 2 heterocycles. The summed E-state index contributed by atoms with van der Waals surface area (Å²) in [6.07, 6.45) is 1.31. The highest BCUT2D eigenvalue weighted by atomic mass is 32.2. The van der Waals surface area contributed by atoms with Gasteiger partial charge in [-0.2, -0.15) is 0 Å². The van der Waals surface area contributed by atoms with Gasteiger partial charge in [0.15, 0.2) is 0 Å². The maximum atomic E-state index is 13.0. The van der Waals surface area contributed by atoms with Crippen molar-refractivity contribution in [3.8, 4) is 0 Å². The molecular formula is C19H27N3O5S. The lowest BCUT2D eigenvalue weighted by molar-refractivity contribution is -0.142. The van der Waals surface area contributed by atoms with Gasteiger partial charge in [-0.25, -0.2) is 13.1 Å². The number of hydrogen-bond donors (Lipinski definition) is 1. The van der Waals surface area contributed by atoms with E-state index in [0.717, 1.165) is 18.4 Å². The van der Waals surface area contributed by atoms with Crippen LogP contribution in [0.4, 0.5) is 0 Å². The molecule has 1 aromatic rings. The highest BCUT2D eigenvalue weighted by Gasteiger charge is 2.32. The number of aryl methyl sites for hydroxylation is 1. The molecule has 2 aliphatic heterocycles. The second-order valence-corrected chi connectivity index (χ2v) is 8.86. The molecule has 1 N–H and O–H groups in total. The third-order valence-electron chi connectivity index (χ3n) is 5.17. The second kappa shape index (κ2) is 8.59. The molecule has 2 fully saturated rings. The summed E-state index contributed by atoms with van der Waals surface area (Å²) in [7, 11) is -3.63. The van der Waals surface area contributed by atoms with E-state index in [1.165, 1.54) is 12.1 Å². The van der Waals surface area contributed by atoms with Crippen molar-refractivity contribution in [1.29, 1.82) is 0 Å². The Balaban J connectivity index is 1.69. The van der Waals surface area contributed by atoms with Gasteiger partial charge in [0.25, 0.3) is 11.8 Å². The Labute approximate surface area is 165 Å². The Morgan fingerprint density at radius 2 is 1.86 bits per heavy atom. The molecule has 2 amide bonds. The molecule has 0 aromatic heterocycles. The van der Waals surface area contributed by atoms with Crippen molar-refractivity contribution >= 4 is 21.8 Å². The predicted molar refractivity (Wildman–Crippen MR) is 103 cm³/mol.